The monoisotopic (exact) mass is 330 g/mol. The number of fused-ring (bicyclic) bond motifs is 1. The van der Waals surface area contributed by atoms with E-state index in [1.54, 1.807) is 12.1 Å². The Morgan fingerprint density at radius 2 is 1.88 bits per heavy atom. The first kappa shape index (κ1) is 15.0. The summed E-state index contributed by atoms with van der Waals surface area (Å²) in [5.74, 6) is -0.611. The smallest absolute Gasteiger partial charge is 0.164 e. The lowest BCUT2D eigenvalue weighted by atomic mass is 10.0. The van der Waals surface area contributed by atoms with Crippen LogP contribution in [0.15, 0.2) is 42.9 Å². The minimum atomic E-state index is -1.25. The number of benzene rings is 1. The highest BCUT2D eigenvalue weighted by Crippen LogP contribution is 2.40. The van der Waals surface area contributed by atoms with Crippen LogP contribution in [-0.2, 0) is 4.74 Å². The Balaban J connectivity index is 1.77. The van der Waals surface area contributed by atoms with Crippen LogP contribution in [0.4, 0.5) is 10.2 Å². The van der Waals surface area contributed by atoms with Gasteiger partial charge in [0.2, 0.25) is 0 Å². The number of hydrogen-bond donors (Lipinski definition) is 3. The van der Waals surface area contributed by atoms with Crippen molar-refractivity contribution in [1.82, 2.24) is 14.5 Å². The first-order chi connectivity index (χ1) is 11.6. The van der Waals surface area contributed by atoms with Crippen LogP contribution in [0.5, 0.6) is 0 Å². The van der Waals surface area contributed by atoms with Crippen molar-refractivity contribution in [3.63, 3.8) is 0 Å². The molecule has 1 aromatic carbocycles. The zero-order valence-electron chi connectivity index (χ0n) is 12.5. The fourth-order valence-corrected chi connectivity index (χ4v) is 3.06. The molecule has 0 saturated carbocycles. The molecule has 0 spiro atoms. The van der Waals surface area contributed by atoms with E-state index < -0.39 is 30.4 Å². The van der Waals surface area contributed by atoms with E-state index in [1.807, 2.05) is 18.2 Å². The first-order valence-corrected chi connectivity index (χ1v) is 7.41. The molecule has 4 unspecified atom stereocenters. The third-order valence-electron chi connectivity index (χ3n) is 4.23. The number of ether oxygens (including phenoxy) is 1. The molecule has 1 aliphatic rings. The highest BCUT2D eigenvalue weighted by Gasteiger charge is 2.45. The minimum absolute atomic E-state index is 0.00361. The van der Waals surface area contributed by atoms with Crippen LogP contribution in [0.25, 0.3) is 11.0 Å². The number of aliphatic hydroxyl groups is 2. The Labute approximate surface area is 136 Å². The lowest BCUT2D eigenvalue weighted by Crippen LogP contribution is -2.29. The molecule has 0 aliphatic carbocycles. The number of anilines is 1. The van der Waals surface area contributed by atoms with Gasteiger partial charge in [0.1, 0.15) is 30.5 Å². The lowest BCUT2D eigenvalue weighted by Gasteiger charge is -2.17. The number of halogens is 1. The number of aromatic nitrogens is 3. The molecule has 0 radical (unpaired) electrons. The van der Waals surface area contributed by atoms with Gasteiger partial charge in [-0.2, -0.15) is 0 Å². The number of hydrogen-bond acceptors (Lipinski definition) is 6. The highest BCUT2D eigenvalue weighted by molar-refractivity contribution is 5.86. The van der Waals surface area contributed by atoms with E-state index >= 15 is 0 Å². The molecule has 3 heterocycles. The first-order valence-electron chi connectivity index (χ1n) is 7.41. The van der Waals surface area contributed by atoms with Crippen LogP contribution in [0, 0.1) is 5.82 Å². The Kier molecular flexibility index (Phi) is 3.45. The number of rotatable bonds is 2. The van der Waals surface area contributed by atoms with Gasteiger partial charge >= 0.3 is 0 Å². The summed E-state index contributed by atoms with van der Waals surface area (Å²) in [6, 6.07) is 9.04. The van der Waals surface area contributed by atoms with Crippen LogP contribution in [0.2, 0.25) is 0 Å². The molecule has 2 aromatic heterocycles. The van der Waals surface area contributed by atoms with Crippen molar-refractivity contribution in [2.75, 3.05) is 5.73 Å². The van der Waals surface area contributed by atoms with Gasteiger partial charge in [-0.25, -0.2) is 14.4 Å². The SMILES string of the molecule is Nc1ncnc2c1c(F)cn2C1OC(c2ccccc2)C(O)C1O. The zero-order chi connectivity index (χ0) is 16.8. The van der Waals surface area contributed by atoms with E-state index in [4.69, 9.17) is 10.5 Å². The van der Waals surface area contributed by atoms with Crippen molar-refractivity contribution < 1.29 is 19.3 Å². The Morgan fingerprint density at radius 3 is 2.62 bits per heavy atom. The minimum Gasteiger partial charge on any atom is -0.387 e. The third kappa shape index (κ3) is 2.15. The maximum absolute atomic E-state index is 14.2. The van der Waals surface area contributed by atoms with E-state index in [9.17, 15) is 14.6 Å². The van der Waals surface area contributed by atoms with E-state index in [1.165, 1.54) is 10.9 Å². The molecule has 7 nitrogen and oxygen atoms in total. The normalized spacial score (nSPS) is 27.0. The molecular formula is C16H15FN4O3. The van der Waals surface area contributed by atoms with Gasteiger partial charge in [0.15, 0.2) is 17.7 Å². The fourth-order valence-electron chi connectivity index (χ4n) is 3.06. The molecule has 124 valence electrons. The van der Waals surface area contributed by atoms with Gasteiger partial charge in [0.25, 0.3) is 0 Å². The summed E-state index contributed by atoms with van der Waals surface area (Å²) in [5, 5.41) is 20.8. The van der Waals surface area contributed by atoms with Gasteiger partial charge in [-0.1, -0.05) is 30.3 Å². The average Bonchev–Trinajstić information content (AvgIpc) is 3.07. The summed E-state index contributed by atoms with van der Waals surface area (Å²) in [4.78, 5) is 7.79. The van der Waals surface area contributed by atoms with E-state index in [0.29, 0.717) is 0 Å². The molecular weight excluding hydrogens is 315 g/mol. The van der Waals surface area contributed by atoms with Crippen LogP contribution in [0.3, 0.4) is 0 Å². The summed E-state index contributed by atoms with van der Waals surface area (Å²) < 4.78 is 21.3. The molecule has 4 N–H and O–H groups in total. The Bertz CT molecular complexity index is 886. The fraction of sp³-hybridized carbons (Fsp3) is 0.250. The number of nitrogens with two attached hydrogens (primary N) is 1. The third-order valence-corrected chi connectivity index (χ3v) is 4.23. The Hall–Kier alpha value is -2.55. The van der Waals surface area contributed by atoms with E-state index in [0.717, 1.165) is 11.8 Å². The second-order valence-corrected chi connectivity index (χ2v) is 5.68. The van der Waals surface area contributed by atoms with Crippen molar-refractivity contribution in [3.8, 4) is 0 Å². The molecule has 0 amide bonds. The van der Waals surface area contributed by atoms with E-state index in [-0.39, 0.29) is 16.9 Å². The Morgan fingerprint density at radius 1 is 1.12 bits per heavy atom. The maximum atomic E-state index is 14.2. The van der Waals surface area contributed by atoms with Crippen LogP contribution in [0.1, 0.15) is 17.9 Å². The number of nitrogens with zero attached hydrogens (tertiary/aromatic N) is 3. The molecule has 0 bridgehead atoms. The topological polar surface area (TPSA) is 106 Å². The molecule has 8 heteroatoms. The quantitative estimate of drug-likeness (QED) is 0.651. The summed E-state index contributed by atoms with van der Waals surface area (Å²) in [6.07, 6.45) is -1.78. The van der Waals surface area contributed by atoms with E-state index in [2.05, 4.69) is 9.97 Å². The van der Waals surface area contributed by atoms with Gasteiger partial charge in [-0.15, -0.1) is 0 Å². The van der Waals surface area contributed by atoms with Gasteiger partial charge in [0, 0.05) is 6.20 Å². The second-order valence-electron chi connectivity index (χ2n) is 5.68. The number of nitrogen functional groups attached to an aromatic ring is 1. The van der Waals surface area contributed by atoms with Gasteiger partial charge in [0.05, 0.1) is 5.39 Å². The van der Waals surface area contributed by atoms with Gasteiger partial charge in [-0.05, 0) is 5.56 Å². The molecule has 1 saturated heterocycles. The average molecular weight is 330 g/mol. The van der Waals surface area contributed by atoms with Gasteiger partial charge < -0.3 is 25.3 Å². The van der Waals surface area contributed by atoms with Crippen LogP contribution >= 0.6 is 0 Å². The largest absolute Gasteiger partial charge is 0.387 e. The molecule has 1 aliphatic heterocycles. The maximum Gasteiger partial charge on any atom is 0.164 e. The van der Waals surface area contributed by atoms with Crippen molar-refractivity contribution in [1.29, 1.82) is 0 Å². The van der Waals surface area contributed by atoms with Crippen molar-refractivity contribution in [2.45, 2.75) is 24.5 Å². The van der Waals surface area contributed by atoms with Crippen LogP contribution in [-0.4, -0.2) is 37.0 Å². The number of aliphatic hydroxyl groups excluding tert-OH is 2. The molecule has 4 atom stereocenters. The van der Waals surface area contributed by atoms with Crippen molar-refractivity contribution in [2.24, 2.45) is 0 Å². The predicted octanol–water partition coefficient (Wildman–Crippen LogP) is 1.14. The zero-order valence-corrected chi connectivity index (χ0v) is 12.5. The molecule has 1 fully saturated rings. The highest BCUT2D eigenvalue weighted by atomic mass is 19.1. The molecule has 4 rings (SSSR count). The summed E-state index contributed by atoms with van der Waals surface area (Å²) in [5.41, 5.74) is 6.61. The second kappa shape index (κ2) is 5.52. The van der Waals surface area contributed by atoms with Crippen LogP contribution < -0.4 is 5.73 Å². The summed E-state index contributed by atoms with van der Waals surface area (Å²) in [7, 11) is 0. The molecule has 24 heavy (non-hydrogen) atoms. The summed E-state index contributed by atoms with van der Waals surface area (Å²) >= 11 is 0. The standard InChI is InChI=1S/C16H15FN4O3/c17-9-6-21(15-10(9)14(18)19-7-20-15)16-12(23)11(22)13(24-16)8-4-2-1-3-5-8/h1-7,11-13,16,22-23H,(H2,18,19,20). The summed E-state index contributed by atoms with van der Waals surface area (Å²) in [6.45, 7) is 0. The van der Waals surface area contributed by atoms with Crippen molar-refractivity contribution in [3.05, 3.63) is 54.2 Å². The van der Waals surface area contributed by atoms with Gasteiger partial charge in [-0.3, -0.25) is 0 Å². The molecule has 3 aromatic rings. The lowest BCUT2D eigenvalue weighted by molar-refractivity contribution is -0.0357. The predicted molar refractivity (Wildman–Crippen MR) is 83.2 cm³/mol. The van der Waals surface area contributed by atoms with Crippen molar-refractivity contribution >= 4 is 16.9 Å².